The topological polar surface area (TPSA) is 415 Å². The Morgan fingerprint density at radius 2 is 0.944 bits per heavy atom. The van der Waals surface area contributed by atoms with Gasteiger partial charge in [0, 0.05) is 6.42 Å². The molecule has 0 aromatic heterocycles. The molecule has 12 unspecified atom stereocenters. The first-order chi connectivity index (χ1) is 42.1. The third kappa shape index (κ3) is 31.3. The lowest BCUT2D eigenvalue weighted by Crippen LogP contribution is -2.63. The van der Waals surface area contributed by atoms with E-state index in [0.29, 0.717) is 12.8 Å². The Kier molecular flexibility index (Phi) is 38.2. The number of carboxylic acids is 1. The minimum absolute atomic E-state index is 0.00676. The molecule has 1 aliphatic rings. The monoisotopic (exact) mass is 1280 g/mol. The van der Waals surface area contributed by atoms with Crippen LogP contribution in [0.3, 0.4) is 0 Å². The summed E-state index contributed by atoms with van der Waals surface area (Å²) in [6.07, 6.45) is 5.68. The SMILES string of the molecule is C=CCCCCCCCCCC(O)CC(=O)NC(CC(C)C)C(=O)NC(CCC(=O)O)C(=O)NC1C(=O)NC(C(C)C)C(=O)NC(CC(C)C)C(=O)NC(CO)C(=O)NC(CC(C)C)C(=O)NC(CC(C)C)C(=O)NC(CO)C(=O)NC(C(C)C)C(=O)OC1C. The molecule has 1 aliphatic heterocycles. The van der Waals surface area contributed by atoms with Crippen LogP contribution >= 0.6 is 0 Å². The number of nitrogens with one attached hydrogen (secondary N) is 10. The van der Waals surface area contributed by atoms with Crippen LogP contribution in [0.25, 0.3) is 0 Å². The molecule has 14 N–H and O–H groups in total. The lowest BCUT2D eigenvalue weighted by atomic mass is 9.98. The van der Waals surface area contributed by atoms with Crippen LogP contribution in [0.15, 0.2) is 12.7 Å². The second-order valence-corrected chi connectivity index (χ2v) is 26.1. The molecule has 0 spiro atoms. The van der Waals surface area contributed by atoms with E-state index in [2.05, 4.69) is 59.7 Å². The molecule has 12 atom stereocenters. The number of ether oxygens (including phenoxy) is 1. The second kappa shape index (κ2) is 42.3. The van der Waals surface area contributed by atoms with Crippen molar-refractivity contribution in [1.29, 1.82) is 0 Å². The van der Waals surface area contributed by atoms with E-state index in [9.17, 15) is 78.0 Å². The van der Waals surface area contributed by atoms with Gasteiger partial charge in [0.2, 0.25) is 59.1 Å². The van der Waals surface area contributed by atoms with E-state index < -0.39 is 182 Å². The maximum absolute atomic E-state index is 14.8. The highest BCUT2D eigenvalue weighted by Gasteiger charge is 2.41. The highest BCUT2D eigenvalue weighted by molar-refractivity contribution is 5.99. The van der Waals surface area contributed by atoms with Crippen LogP contribution in [0.2, 0.25) is 0 Å². The van der Waals surface area contributed by atoms with Gasteiger partial charge < -0.3 is 78.3 Å². The normalized spacial score (nSPS) is 23.4. The first-order valence-electron chi connectivity index (χ1n) is 32.1. The van der Waals surface area contributed by atoms with Crippen molar-refractivity contribution < 1.29 is 82.7 Å². The van der Waals surface area contributed by atoms with E-state index in [1.165, 1.54) is 34.6 Å². The van der Waals surface area contributed by atoms with Crippen molar-refractivity contribution in [3.8, 4) is 0 Å². The Hall–Kier alpha value is -6.74. The fourth-order valence-corrected chi connectivity index (χ4v) is 9.99. The van der Waals surface area contributed by atoms with Crippen molar-refractivity contribution in [3.63, 3.8) is 0 Å². The van der Waals surface area contributed by atoms with Gasteiger partial charge >= 0.3 is 11.9 Å². The van der Waals surface area contributed by atoms with Crippen molar-refractivity contribution >= 4 is 71.0 Å². The van der Waals surface area contributed by atoms with Crippen molar-refractivity contribution in [2.24, 2.45) is 35.5 Å². The van der Waals surface area contributed by atoms with E-state index in [1.807, 2.05) is 6.08 Å². The molecule has 1 heterocycles. The van der Waals surface area contributed by atoms with Crippen molar-refractivity contribution in [2.75, 3.05) is 13.2 Å². The van der Waals surface area contributed by atoms with E-state index in [1.54, 1.807) is 55.4 Å². The number of carboxylic acid groups (broad SMARTS) is 1. The summed E-state index contributed by atoms with van der Waals surface area (Å²) in [5.74, 6) is -14.9. The zero-order valence-electron chi connectivity index (χ0n) is 55.5. The Morgan fingerprint density at radius 3 is 1.38 bits per heavy atom. The number of aliphatic hydroxyl groups excluding tert-OH is 3. The number of aliphatic carboxylic acids is 1. The van der Waals surface area contributed by atoms with Gasteiger partial charge in [0.05, 0.1) is 25.7 Å². The molecule has 27 heteroatoms. The third-order valence-electron chi connectivity index (χ3n) is 15.0. The fourth-order valence-electron chi connectivity index (χ4n) is 9.99. The van der Waals surface area contributed by atoms with Crippen LogP contribution in [0.4, 0.5) is 0 Å². The van der Waals surface area contributed by atoms with Gasteiger partial charge in [0.25, 0.3) is 0 Å². The zero-order chi connectivity index (χ0) is 68.5. The van der Waals surface area contributed by atoms with E-state index >= 15 is 0 Å². The number of rotatable bonds is 32. The van der Waals surface area contributed by atoms with Crippen LogP contribution in [-0.4, -0.2) is 177 Å². The van der Waals surface area contributed by atoms with Crippen LogP contribution in [-0.2, 0) is 62.3 Å². The highest BCUT2D eigenvalue weighted by atomic mass is 16.5. The maximum Gasteiger partial charge on any atom is 0.329 e. The lowest BCUT2D eigenvalue weighted by molar-refractivity contribution is -0.157. The third-order valence-corrected chi connectivity index (χ3v) is 15.0. The molecule has 0 saturated carbocycles. The average Bonchev–Trinajstić information content (AvgIpc) is 1.42. The summed E-state index contributed by atoms with van der Waals surface area (Å²) in [6, 6.07) is -15.7. The van der Waals surface area contributed by atoms with Gasteiger partial charge in [-0.05, 0) is 93.8 Å². The molecule has 1 rings (SSSR count). The number of hydrogen-bond acceptors (Lipinski definition) is 16. The van der Waals surface area contributed by atoms with Crippen LogP contribution < -0.4 is 53.2 Å². The quantitative estimate of drug-likeness (QED) is 0.0258. The van der Waals surface area contributed by atoms with E-state index in [0.717, 1.165) is 44.9 Å². The molecule has 0 aromatic carbocycles. The van der Waals surface area contributed by atoms with Gasteiger partial charge in [-0.2, -0.15) is 0 Å². The van der Waals surface area contributed by atoms with Gasteiger partial charge in [-0.1, -0.05) is 128 Å². The van der Waals surface area contributed by atoms with E-state index in [-0.39, 0.29) is 55.8 Å². The Balaban J connectivity index is 3.98. The first kappa shape index (κ1) is 81.3. The van der Waals surface area contributed by atoms with Crippen LogP contribution in [0.5, 0.6) is 0 Å². The van der Waals surface area contributed by atoms with Crippen LogP contribution in [0, 0.1) is 35.5 Å². The molecular formula is C63H110N10O17. The molecule has 0 aliphatic carbocycles. The summed E-state index contributed by atoms with van der Waals surface area (Å²) in [5, 5.41) is 66.7. The number of carbonyl (C=O) groups excluding carboxylic acids is 11. The fraction of sp³-hybridized carbons (Fsp3) is 0.778. The summed E-state index contributed by atoms with van der Waals surface area (Å²) < 4.78 is 5.82. The number of allylic oxidation sites excluding steroid dienone is 1. The summed E-state index contributed by atoms with van der Waals surface area (Å²) in [7, 11) is 0. The molecule has 10 amide bonds. The summed E-state index contributed by atoms with van der Waals surface area (Å²) in [5.41, 5.74) is 0. The minimum Gasteiger partial charge on any atom is -0.481 e. The van der Waals surface area contributed by atoms with Gasteiger partial charge in [0.15, 0.2) is 0 Å². The van der Waals surface area contributed by atoms with Crippen molar-refractivity contribution in [2.45, 2.75) is 265 Å². The van der Waals surface area contributed by atoms with Gasteiger partial charge in [-0.25, -0.2) is 4.79 Å². The number of cyclic esters (lactones) is 1. The van der Waals surface area contributed by atoms with Gasteiger partial charge in [0.1, 0.15) is 66.5 Å². The van der Waals surface area contributed by atoms with E-state index in [4.69, 9.17) is 4.74 Å². The van der Waals surface area contributed by atoms with Crippen molar-refractivity contribution in [1.82, 2.24) is 53.2 Å². The maximum atomic E-state index is 14.8. The smallest absolute Gasteiger partial charge is 0.329 e. The van der Waals surface area contributed by atoms with Crippen molar-refractivity contribution in [3.05, 3.63) is 12.7 Å². The summed E-state index contributed by atoms with van der Waals surface area (Å²) >= 11 is 0. The Morgan fingerprint density at radius 1 is 0.522 bits per heavy atom. The molecule has 0 bridgehead atoms. The van der Waals surface area contributed by atoms with Crippen LogP contribution in [0.1, 0.15) is 193 Å². The average molecular weight is 1280 g/mol. The minimum atomic E-state index is -2.00. The molecule has 0 aromatic rings. The lowest BCUT2D eigenvalue weighted by Gasteiger charge is -2.32. The predicted molar refractivity (Wildman–Crippen MR) is 336 cm³/mol. The molecule has 27 nitrogen and oxygen atoms in total. The standard InChI is InChI=1S/C63H110N10O17/c1-15-16-17-18-19-20-21-22-23-24-41(76)31-49(77)64-43(27-34(2)3)55(81)65-42(25-26-50(78)79)54(80)73-53-40(14)90-63(89)52(39(12)13)72-60(86)48(33-75)70-57(83)45(29-36(6)7)66-56(82)44(28-35(4)5)67-59(85)47(32-74)69-58(84)46(30-37(8)9)68-61(87)51(38(10)11)71-62(53)88/h15,34-48,51-53,74-76H,1,16-33H2,2-14H3,(H,64,77)(H,65,81)(H,66,82)(H,67,85)(H,68,87)(H,69,84)(H,70,83)(H,71,88)(H,72,86)(H,73,80)(H,78,79). The summed E-state index contributed by atoms with van der Waals surface area (Å²) in [4.78, 5) is 168. The largest absolute Gasteiger partial charge is 0.481 e. The predicted octanol–water partition coefficient (Wildman–Crippen LogP) is 1.57. The summed E-state index contributed by atoms with van der Waals surface area (Å²) in [6.45, 7) is 23.1. The second-order valence-electron chi connectivity index (χ2n) is 26.1. The molecular weight excluding hydrogens is 1170 g/mol. The molecule has 0 radical (unpaired) electrons. The molecule has 90 heavy (non-hydrogen) atoms. The number of aliphatic hydroxyl groups is 3. The number of carbonyl (C=O) groups is 12. The Labute approximate surface area is 531 Å². The molecule has 1 saturated heterocycles. The zero-order valence-corrected chi connectivity index (χ0v) is 55.5. The number of esters is 1. The van der Waals surface area contributed by atoms with Gasteiger partial charge in [-0.3, -0.25) is 52.7 Å². The number of unbranched alkanes of at least 4 members (excludes halogenated alkanes) is 7. The molecule has 1 fully saturated rings. The molecule has 514 valence electrons. The highest BCUT2D eigenvalue weighted by Crippen LogP contribution is 2.17. The Bertz CT molecular complexity index is 2350. The number of hydrogen-bond donors (Lipinski definition) is 14. The van der Waals surface area contributed by atoms with Gasteiger partial charge in [-0.15, -0.1) is 6.58 Å². The first-order valence-corrected chi connectivity index (χ1v) is 32.1. The number of amides is 10.